The molecule has 0 radical (unpaired) electrons. The van der Waals surface area contributed by atoms with Crippen molar-refractivity contribution in [2.45, 2.75) is 25.8 Å². The van der Waals surface area contributed by atoms with Gasteiger partial charge >= 0.3 is 0 Å². The van der Waals surface area contributed by atoms with Crippen LogP contribution in [-0.4, -0.2) is 6.54 Å². The van der Waals surface area contributed by atoms with Crippen molar-refractivity contribution in [1.82, 2.24) is 5.32 Å². The van der Waals surface area contributed by atoms with Gasteiger partial charge in [0.05, 0.1) is 6.26 Å². The minimum Gasteiger partial charge on any atom is -0.469 e. The molecule has 0 amide bonds. The predicted molar refractivity (Wildman–Crippen MR) is 85.3 cm³/mol. The van der Waals surface area contributed by atoms with Crippen LogP contribution in [0.5, 0.6) is 0 Å². The molecule has 2 aromatic heterocycles. The van der Waals surface area contributed by atoms with Crippen LogP contribution in [0.3, 0.4) is 0 Å². The van der Waals surface area contributed by atoms with Gasteiger partial charge in [-0.1, -0.05) is 18.2 Å². The molecule has 0 bridgehead atoms. The molecule has 0 aliphatic carbocycles. The van der Waals surface area contributed by atoms with E-state index in [1.165, 1.54) is 15.6 Å². The van der Waals surface area contributed by atoms with Gasteiger partial charge in [-0.25, -0.2) is 0 Å². The van der Waals surface area contributed by atoms with E-state index in [1.54, 1.807) is 6.26 Å². The molecule has 0 fully saturated rings. The van der Waals surface area contributed by atoms with Crippen molar-refractivity contribution in [2.75, 3.05) is 6.54 Å². The normalized spacial score (nSPS) is 12.8. The third-order valence-electron chi connectivity index (χ3n) is 3.61. The predicted octanol–water partition coefficient (Wildman–Crippen LogP) is 4.78. The maximum absolute atomic E-state index is 5.34. The molecule has 1 atom stereocenters. The Bertz CT molecular complexity index is 657. The van der Waals surface area contributed by atoms with Crippen LogP contribution in [0.15, 0.2) is 52.5 Å². The molecule has 1 N–H and O–H groups in total. The molecule has 2 nitrogen and oxygen atoms in total. The van der Waals surface area contributed by atoms with Crippen LogP contribution >= 0.6 is 11.3 Å². The van der Waals surface area contributed by atoms with E-state index in [0.29, 0.717) is 6.04 Å². The Morgan fingerprint density at radius 2 is 2.10 bits per heavy atom. The highest BCUT2D eigenvalue weighted by atomic mass is 32.1. The highest BCUT2D eigenvalue weighted by molar-refractivity contribution is 7.17. The van der Waals surface area contributed by atoms with E-state index >= 15 is 0 Å². The smallest absolute Gasteiger partial charge is 0.103 e. The summed E-state index contributed by atoms with van der Waals surface area (Å²) < 4.78 is 6.71. The quantitative estimate of drug-likeness (QED) is 0.659. The summed E-state index contributed by atoms with van der Waals surface area (Å²) in [4.78, 5) is 0. The van der Waals surface area contributed by atoms with Crippen LogP contribution in [0.25, 0.3) is 10.1 Å². The molecular weight excluding hydrogens is 266 g/mol. The van der Waals surface area contributed by atoms with E-state index < -0.39 is 0 Å². The number of benzene rings is 1. The first-order valence-corrected chi connectivity index (χ1v) is 7.94. The second-order valence-corrected chi connectivity index (χ2v) is 5.96. The summed E-state index contributed by atoms with van der Waals surface area (Å²) >= 11 is 1.82. The van der Waals surface area contributed by atoms with Crippen molar-refractivity contribution in [3.05, 3.63) is 59.4 Å². The van der Waals surface area contributed by atoms with Gasteiger partial charge in [0.25, 0.3) is 0 Å². The Morgan fingerprint density at radius 3 is 2.95 bits per heavy atom. The molecule has 3 rings (SSSR count). The number of thiophene rings is 1. The first-order chi connectivity index (χ1) is 9.84. The summed E-state index contributed by atoms with van der Waals surface area (Å²) in [5.41, 5.74) is 1.41. The lowest BCUT2D eigenvalue weighted by Gasteiger charge is -2.13. The minimum absolute atomic E-state index is 0.391. The average molecular weight is 285 g/mol. The molecule has 0 aliphatic heterocycles. The highest BCUT2D eigenvalue weighted by Gasteiger charge is 2.10. The molecule has 0 saturated heterocycles. The molecule has 3 aromatic rings. The van der Waals surface area contributed by atoms with Crippen LogP contribution in [0, 0.1) is 0 Å². The number of aryl methyl sites for hydroxylation is 1. The van der Waals surface area contributed by atoms with Crippen molar-refractivity contribution in [2.24, 2.45) is 0 Å². The average Bonchev–Trinajstić information content (AvgIpc) is 3.12. The zero-order chi connectivity index (χ0) is 13.8. The van der Waals surface area contributed by atoms with Gasteiger partial charge in [-0.2, -0.15) is 0 Å². The van der Waals surface area contributed by atoms with E-state index in [9.17, 15) is 0 Å². The number of hydrogen-bond donors (Lipinski definition) is 1. The number of fused-ring (bicyclic) bond motifs is 1. The SMILES string of the molecule is CC(NCCCc1ccco1)c1csc2ccccc12. The maximum atomic E-state index is 5.34. The molecule has 2 heterocycles. The Morgan fingerprint density at radius 1 is 1.20 bits per heavy atom. The van der Waals surface area contributed by atoms with E-state index in [2.05, 4.69) is 41.9 Å². The fraction of sp³-hybridized carbons (Fsp3) is 0.294. The summed E-state index contributed by atoms with van der Waals surface area (Å²) in [7, 11) is 0. The molecular formula is C17H19NOS. The van der Waals surface area contributed by atoms with Crippen molar-refractivity contribution >= 4 is 21.4 Å². The minimum atomic E-state index is 0.391. The second-order valence-electron chi connectivity index (χ2n) is 5.05. The topological polar surface area (TPSA) is 25.2 Å². The summed E-state index contributed by atoms with van der Waals surface area (Å²) in [6.45, 7) is 3.24. The molecule has 0 saturated carbocycles. The van der Waals surface area contributed by atoms with Gasteiger partial charge in [0.1, 0.15) is 5.76 Å². The third kappa shape index (κ3) is 2.94. The van der Waals surface area contributed by atoms with Gasteiger partial charge in [-0.15, -0.1) is 11.3 Å². The standard InChI is InChI=1S/C17H19NOS/c1-13(18-10-4-6-14-7-5-11-19-14)16-12-20-17-9-3-2-8-15(16)17/h2-3,5,7-9,11-13,18H,4,6,10H2,1H3. The lowest BCUT2D eigenvalue weighted by Crippen LogP contribution is -2.20. The summed E-state index contributed by atoms with van der Waals surface area (Å²) in [6, 6.07) is 13.0. The molecule has 20 heavy (non-hydrogen) atoms. The van der Waals surface area contributed by atoms with Crippen LogP contribution in [0.1, 0.15) is 30.7 Å². The molecule has 1 unspecified atom stereocenters. The fourth-order valence-corrected chi connectivity index (χ4v) is 3.53. The third-order valence-corrected chi connectivity index (χ3v) is 4.59. The largest absolute Gasteiger partial charge is 0.469 e. The van der Waals surface area contributed by atoms with Crippen molar-refractivity contribution in [1.29, 1.82) is 0 Å². The molecule has 0 spiro atoms. The van der Waals surface area contributed by atoms with Gasteiger partial charge in [-0.3, -0.25) is 0 Å². The summed E-state index contributed by atoms with van der Waals surface area (Å²) in [6.07, 6.45) is 3.83. The lowest BCUT2D eigenvalue weighted by atomic mass is 10.1. The molecule has 0 aliphatic rings. The highest BCUT2D eigenvalue weighted by Crippen LogP contribution is 2.29. The number of nitrogens with one attached hydrogen (secondary N) is 1. The monoisotopic (exact) mass is 285 g/mol. The number of hydrogen-bond acceptors (Lipinski definition) is 3. The van der Waals surface area contributed by atoms with Crippen LogP contribution < -0.4 is 5.32 Å². The Kier molecular flexibility index (Phi) is 4.19. The zero-order valence-corrected chi connectivity index (χ0v) is 12.5. The fourth-order valence-electron chi connectivity index (χ4n) is 2.48. The van der Waals surface area contributed by atoms with Gasteiger partial charge < -0.3 is 9.73 Å². The van der Waals surface area contributed by atoms with Gasteiger partial charge in [0.15, 0.2) is 0 Å². The van der Waals surface area contributed by atoms with Crippen molar-refractivity contribution in [3.63, 3.8) is 0 Å². The first-order valence-electron chi connectivity index (χ1n) is 7.06. The summed E-state index contributed by atoms with van der Waals surface area (Å²) in [5, 5.41) is 7.26. The van der Waals surface area contributed by atoms with Crippen LogP contribution in [0.2, 0.25) is 0 Å². The maximum Gasteiger partial charge on any atom is 0.103 e. The Balaban J connectivity index is 1.55. The van der Waals surface area contributed by atoms with E-state index in [-0.39, 0.29) is 0 Å². The Hall–Kier alpha value is -1.58. The van der Waals surface area contributed by atoms with Crippen LogP contribution in [-0.2, 0) is 6.42 Å². The first kappa shape index (κ1) is 13.4. The van der Waals surface area contributed by atoms with Crippen LogP contribution in [0.4, 0.5) is 0 Å². The van der Waals surface area contributed by atoms with E-state index in [4.69, 9.17) is 4.42 Å². The van der Waals surface area contributed by atoms with Crippen molar-refractivity contribution < 1.29 is 4.42 Å². The lowest BCUT2D eigenvalue weighted by molar-refractivity contribution is 0.487. The zero-order valence-electron chi connectivity index (χ0n) is 11.6. The Labute approximate surface area is 123 Å². The van der Waals surface area contributed by atoms with Gasteiger partial charge in [-0.05, 0) is 54.4 Å². The van der Waals surface area contributed by atoms with E-state index in [0.717, 1.165) is 25.1 Å². The molecule has 3 heteroatoms. The number of furan rings is 1. The molecule has 1 aromatic carbocycles. The van der Waals surface area contributed by atoms with Crippen molar-refractivity contribution in [3.8, 4) is 0 Å². The second kappa shape index (κ2) is 6.25. The van der Waals surface area contributed by atoms with E-state index in [1.807, 2.05) is 23.5 Å². The number of rotatable bonds is 6. The van der Waals surface area contributed by atoms with Gasteiger partial charge in [0, 0.05) is 17.2 Å². The summed E-state index contributed by atoms with van der Waals surface area (Å²) in [5.74, 6) is 1.07. The molecule has 104 valence electrons. The van der Waals surface area contributed by atoms with Gasteiger partial charge in [0.2, 0.25) is 0 Å².